The van der Waals surface area contributed by atoms with Gasteiger partial charge < -0.3 is 24.3 Å². The van der Waals surface area contributed by atoms with Crippen LogP contribution in [0.2, 0.25) is 0 Å². The lowest BCUT2D eigenvalue weighted by Gasteiger charge is -2.30. The molecular weight excluding hydrogens is 382 g/mol. The van der Waals surface area contributed by atoms with Gasteiger partial charge in [0.05, 0.1) is 12.8 Å². The Morgan fingerprint density at radius 1 is 1.03 bits per heavy atom. The van der Waals surface area contributed by atoms with Gasteiger partial charge in [-0.15, -0.1) is 0 Å². The summed E-state index contributed by atoms with van der Waals surface area (Å²) in [5, 5.41) is 2.94. The number of nitrogens with zero attached hydrogens (tertiary/aromatic N) is 2. The average molecular weight is 416 g/mol. The van der Waals surface area contributed by atoms with Crippen molar-refractivity contribution >= 4 is 11.9 Å². The van der Waals surface area contributed by atoms with Crippen molar-refractivity contribution in [1.82, 2.24) is 15.1 Å². The molecule has 0 spiro atoms. The first-order valence-electron chi connectivity index (χ1n) is 10.2. The maximum atomic E-state index is 13.2. The minimum absolute atomic E-state index is 0.0147. The number of nitrogens with one attached hydrogen (secondary N) is 1. The van der Waals surface area contributed by atoms with Gasteiger partial charge in [0.15, 0.2) is 0 Å². The maximum absolute atomic E-state index is 13.2. The van der Waals surface area contributed by atoms with Crippen LogP contribution in [0.25, 0.3) is 0 Å². The quantitative estimate of drug-likeness (QED) is 0.601. The molecule has 0 bridgehead atoms. The van der Waals surface area contributed by atoms with Crippen LogP contribution in [0, 0.1) is 0 Å². The van der Waals surface area contributed by atoms with E-state index in [0.29, 0.717) is 38.4 Å². The predicted molar refractivity (Wildman–Crippen MR) is 116 cm³/mol. The fourth-order valence-corrected chi connectivity index (χ4v) is 2.94. The Labute approximate surface area is 179 Å². The van der Waals surface area contributed by atoms with Crippen molar-refractivity contribution < 1.29 is 18.7 Å². The van der Waals surface area contributed by atoms with Crippen LogP contribution in [-0.4, -0.2) is 54.1 Å². The van der Waals surface area contributed by atoms with E-state index in [1.165, 1.54) is 0 Å². The van der Waals surface area contributed by atoms with Gasteiger partial charge >= 0.3 is 6.03 Å². The second kappa shape index (κ2) is 11.4. The van der Waals surface area contributed by atoms with Gasteiger partial charge in [-0.1, -0.05) is 30.3 Å². The topological polar surface area (TPSA) is 75.0 Å². The smallest absolute Gasteiger partial charge is 0.318 e. The Morgan fingerprint density at radius 3 is 2.37 bits per heavy atom. The van der Waals surface area contributed by atoms with Crippen LogP contribution in [-0.2, 0) is 22.6 Å². The highest BCUT2D eigenvalue weighted by Gasteiger charge is 2.24. The summed E-state index contributed by atoms with van der Waals surface area (Å²) >= 11 is 0. The molecule has 0 atom stereocenters. The van der Waals surface area contributed by atoms with Gasteiger partial charge in [0.2, 0.25) is 5.91 Å². The molecule has 7 nitrogen and oxygen atoms in total. The lowest BCUT2D eigenvalue weighted by atomic mass is 10.1. The average Bonchev–Trinajstić information content (AvgIpc) is 3.19. The minimum atomic E-state index is -0.391. The summed E-state index contributed by atoms with van der Waals surface area (Å²) in [5.74, 6) is 0.557. The molecule has 1 aromatic heterocycles. The number of hydrogen-bond donors (Lipinski definition) is 1. The van der Waals surface area contributed by atoms with E-state index in [4.69, 9.17) is 9.15 Å². The van der Waals surface area contributed by atoms with Crippen molar-refractivity contribution in [3.05, 3.63) is 60.1 Å². The minimum Gasteiger partial charge on any atom is -0.467 e. The third-order valence-corrected chi connectivity index (χ3v) is 4.37. The molecule has 0 aliphatic heterocycles. The zero-order valence-corrected chi connectivity index (χ0v) is 18.4. The number of rotatable bonds is 10. The van der Waals surface area contributed by atoms with Gasteiger partial charge in [0.1, 0.15) is 12.3 Å². The first kappa shape index (κ1) is 23.5. The van der Waals surface area contributed by atoms with Crippen LogP contribution in [0.3, 0.4) is 0 Å². The van der Waals surface area contributed by atoms with E-state index >= 15 is 0 Å². The highest BCUT2D eigenvalue weighted by molar-refractivity contribution is 5.84. The largest absolute Gasteiger partial charge is 0.467 e. The molecule has 164 valence electrons. The first-order chi connectivity index (χ1) is 14.3. The van der Waals surface area contributed by atoms with E-state index in [1.54, 1.807) is 29.2 Å². The molecule has 3 amide bonds. The molecule has 0 saturated heterocycles. The second-order valence-electron chi connectivity index (χ2n) is 8.26. The molecule has 30 heavy (non-hydrogen) atoms. The molecule has 0 aliphatic carbocycles. The summed E-state index contributed by atoms with van der Waals surface area (Å²) in [6, 6.07) is 13.2. The fourth-order valence-electron chi connectivity index (χ4n) is 2.94. The number of carbonyl (C=O) groups excluding carboxylic acids is 2. The molecular formula is C23H33N3O4. The second-order valence-corrected chi connectivity index (χ2v) is 8.26. The molecule has 2 aromatic rings. The summed E-state index contributed by atoms with van der Waals surface area (Å²) in [5.41, 5.74) is 0.625. The number of amides is 3. The number of ether oxygens (including phenoxy) is 1. The van der Waals surface area contributed by atoms with E-state index in [0.717, 1.165) is 5.56 Å². The Kier molecular flexibility index (Phi) is 8.92. The number of hydrogen-bond acceptors (Lipinski definition) is 4. The summed E-state index contributed by atoms with van der Waals surface area (Å²) in [6.45, 7) is 7.46. The molecule has 1 N–H and O–H groups in total. The normalized spacial score (nSPS) is 11.2. The summed E-state index contributed by atoms with van der Waals surface area (Å²) in [4.78, 5) is 29.2. The zero-order valence-electron chi connectivity index (χ0n) is 18.4. The van der Waals surface area contributed by atoms with Crippen molar-refractivity contribution in [1.29, 1.82) is 0 Å². The fraction of sp³-hybridized carbons (Fsp3) is 0.478. The van der Waals surface area contributed by atoms with Crippen LogP contribution < -0.4 is 5.32 Å². The Balaban J connectivity index is 2.13. The van der Waals surface area contributed by atoms with E-state index in [9.17, 15) is 9.59 Å². The van der Waals surface area contributed by atoms with Crippen LogP contribution >= 0.6 is 0 Å². The van der Waals surface area contributed by atoms with E-state index in [1.807, 2.05) is 57.2 Å². The van der Waals surface area contributed by atoms with E-state index < -0.39 is 5.54 Å². The van der Waals surface area contributed by atoms with Crippen molar-refractivity contribution in [2.24, 2.45) is 0 Å². The molecule has 2 rings (SSSR count). The monoisotopic (exact) mass is 415 g/mol. The number of urea groups is 1. The van der Waals surface area contributed by atoms with Gasteiger partial charge in [-0.05, 0) is 44.9 Å². The third kappa shape index (κ3) is 8.29. The summed E-state index contributed by atoms with van der Waals surface area (Å²) in [7, 11) is 1.62. The SMILES string of the molecule is COCCCN(CC(=O)N(Cc1ccccc1)Cc1ccco1)C(=O)NC(C)(C)C. The highest BCUT2D eigenvalue weighted by atomic mass is 16.5. The maximum Gasteiger partial charge on any atom is 0.318 e. The van der Waals surface area contributed by atoms with Crippen molar-refractivity contribution in [3.8, 4) is 0 Å². The van der Waals surface area contributed by atoms with Gasteiger partial charge in [-0.3, -0.25) is 4.79 Å². The number of methoxy groups -OCH3 is 1. The van der Waals surface area contributed by atoms with Gasteiger partial charge in [0, 0.05) is 32.3 Å². The lowest BCUT2D eigenvalue weighted by molar-refractivity contribution is -0.133. The molecule has 7 heteroatoms. The predicted octanol–water partition coefficient (Wildman–Crippen LogP) is 3.66. The van der Waals surface area contributed by atoms with E-state index in [2.05, 4.69) is 5.32 Å². The first-order valence-corrected chi connectivity index (χ1v) is 10.2. The number of carbonyl (C=O) groups is 2. The molecule has 0 aliphatic rings. The van der Waals surface area contributed by atoms with Crippen LogP contribution in [0.4, 0.5) is 4.79 Å². The Morgan fingerprint density at radius 2 is 1.77 bits per heavy atom. The molecule has 0 unspecified atom stereocenters. The van der Waals surface area contributed by atoms with Crippen molar-refractivity contribution in [2.75, 3.05) is 26.8 Å². The Bertz CT molecular complexity index is 770. The Hall–Kier alpha value is -2.80. The molecule has 0 radical (unpaired) electrons. The van der Waals surface area contributed by atoms with Crippen molar-refractivity contribution in [2.45, 2.75) is 45.8 Å². The van der Waals surface area contributed by atoms with Crippen LogP contribution in [0.15, 0.2) is 53.1 Å². The van der Waals surface area contributed by atoms with Gasteiger partial charge in [0.25, 0.3) is 0 Å². The van der Waals surface area contributed by atoms with Gasteiger partial charge in [-0.25, -0.2) is 4.79 Å². The van der Waals surface area contributed by atoms with Crippen LogP contribution in [0.1, 0.15) is 38.5 Å². The highest BCUT2D eigenvalue weighted by Crippen LogP contribution is 2.12. The van der Waals surface area contributed by atoms with E-state index in [-0.39, 0.29) is 18.5 Å². The molecule has 1 heterocycles. The summed E-state index contributed by atoms with van der Waals surface area (Å²) < 4.78 is 10.6. The lowest BCUT2D eigenvalue weighted by Crippen LogP contribution is -2.51. The van der Waals surface area contributed by atoms with Crippen molar-refractivity contribution in [3.63, 3.8) is 0 Å². The zero-order chi connectivity index (χ0) is 22.0. The molecule has 0 saturated carbocycles. The molecule has 0 fully saturated rings. The standard InChI is InChI=1S/C23H33N3O4/c1-23(2,3)24-22(28)25(13-9-14-29-4)18-21(27)26(17-20-12-8-15-30-20)16-19-10-6-5-7-11-19/h5-8,10-12,15H,9,13-14,16-18H2,1-4H3,(H,24,28). The van der Waals surface area contributed by atoms with Crippen LogP contribution in [0.5, 0.6) is 0 Å². The third-order valence-electron chi connectivity index (χ3n) is 4.37. The molecule has 1 aromatic carbocycles. The summed E-state index contributed by atoms with van der Waals surface area (Å²) in [6.07, 6.45) is 2.24. The number of furan rings is 1. The number of benzene rings is 1. The van der Waals surface area contributed by atoms with Gasteiger partial charge in [-0.2, -0.15) is 0 Å².